The minimum absolute atomic E-state index is 0.604. The van der Waals surface area contributed by atoms with E-state index in [9.17, 15) is 0 Å². The van der Waals surface area contributed by atoms with Gasteiger partial charge in [-0.2, -0.15) is 0 Å². The summed E-state index contributed by atoms with van der Waals surface area (Å²) in [7, 11) is 0. The van der Waals surface area contributed by atoms with Gasteiger partial charge in [-0.1, -0.05) is 59.6 Å². The first-order chi connectivity index (χ1) is 6.66. The largest absolute Gasteiger partial charge is 0.316 e. The van der Waals surface area contributed by atoms with E-state index in [1.54, 1.807) is 0 Å². The number of nitrogens with one attached hydrogen (secondary N) is 1. The van der Waals surface area contributed by atoms with Crippen LogP contribution >= 0.6 is 27.5 Å². The number of halogens is 2. The summed E-state index contributed by atoms with van der Waals surface area (Å²) in [5, 5.41) is 3.99. The monoisotopic (exact) mass is 277 g/mol. The molecule has 0 bridgehead atoms. The summed E-state index contributed by atoms with van der Waals surface area (Å²) in [5.41, 5.74) is 0. The van der Waals surface area contributed by atoms with Crippen molar-refractivity contribution in [2.75, 3.05) is 13.1 Å². The van der Waals surface area contributed by atoms with Crippen LogP contribution in [-0.2, 0) is 0 Å². The van der Waals surface area contributed by atoms with Crippen molar-refractivity contribution in [3.63, 3.8) is 0 Å². The van der Waals surface area contributed by atoms with E-state index in [4.69, 9.17) is 11.6 Å². The van der Waals surface area contributed by atoms with Crippen LogP contribution < -0.4 is 5.32 Å². The van der Waals surface area contributed by atoms with E-state index in [0.29, 0.717) is 4.83 Å². The van der Waals surface area contributed by atoms with Gasteiger partial charge in [0.2, 0.25) is 0 Å². The van der Waals surface area contributed by atoms with Crippen LogP contribution in [0.2, 0.25) is 5.02 Å². The van der Waals surface area contributed by atoms with Crippen molar-refractivity contribution in [3.8, 4) is 0 Å². The van der Waals surface area contributed by atoms with Crippen molar-refractivity contribution >= 4 is 27.5 Å². The second-order valence-corrected chi connectivity index (χ2v) is 4.88. The fourth-order valence-electron chi connectivity index (χ4n) is 0.758. The Morgan fingerprint density at radius 3 is 2.14 bits per heavy atom. The third-order valence-corrected chi connectivity index (χ3v) is 1.98. The standard InChI is InChI=1S/C6H5Cl.C5H12BrN/c7-6-4-2-1-3-5-6;1-3-7-4-5(2)6/h1-5H;5,7H,3-4H2,1-2H3. The van der Waals surface area contributed by atoms with Gasteiger partial charge in [-0.25, -0.2) is 0 Å². The van der Waals surface area contributed by atoms with Crippen molar-refractivity contribution in [2.45, 2.75) is 18.7 Å². The van der Waals surface area contributed by atoms with E-state index in [1.165, 1.54) is 0 Å². The molecule has 0 aliphatic heterocycles. The first-order valence-electron chi connectivity index (χ1n) is 4.72. The first-order valence-corrected chi connectivity index (χ1v) is 6.01. The van der Waals surface area contributed by atoms with E-state index in [0.717, 1.165) is 18.1 Å². The van der Waals surface area contributed by atoms with E-state index >= 15 is 0 Å². The Bertz CT molecular complexity index is 214. The normalized spacial score (nSPS) is 11.4. The molecule has 0 radical (unpaired) electrons. The average Bonchev–Trinajstić information content (AvgIpc) is 2.17. The van der Waals surface area contributed by atoms with E-state index in [1.807, 2.05) is 30.3 Å². The SMILES string of the molecule is CCNCC(C)Br.Clc1ccccc1. The lowest BCUT2D eigenvalue weighted by Gasteiger charge is -2.00. The van der Waals surface area contributed by atoms with Crippen molar-refractivity contribution < 1.29 is 0 Å². The summed E-state index contributed by atoms with van der Waals surface area (Å²) < 4.78 is 0. The Labute approximate surface area is 100.0 Å². The molecule has 1 atom stereocenters. The molecule has 3 heteroatoms. The minimum Gasteiger partial charge on any atom is -0.316 e. The zero-order valence-corrected chi connectivity index (χ0v) is 11.0. The molecule has 0 saturated heterocycles. The van der Waals surface area contributed by atoms with Crippen LogP contribution in [0.4, 0.5) is 0 Å². The Morgan fingerprint density at radius 1 is 1.36 bits per heavy atom. The maximum absolute atomic E-state index is 5.54. The Hall–Kier alpha value is -0.0500. The number of hydrogen-bond acceptors (Lipinski definition) is 1. The molecule has 0 saturated carbocycles. The quantitative estimate of drug-likeness (QED) is 0.831. The van der Waals surface area contributed by atoms with Crippen LogP contribution in [0, 0.1) is 0 Å². The topological polar surface area (TPSA) is 12.0 Å². The molecule has 1 aromatic carbocycles. The molecule has 1 unspecified atom stereocenters. The van der Waals surface area contributed by atoms with Gasteiger partial charge in [-0.3, -0.25) is 0 Å². The fraction of sp³-hybridized carbons (Fsp3) is 0.455. The van der Waals surface area contributed by atoms with Gasteiger partial charge in [0.25, 0.3) is 0 Å². The fourth-order valence-corrected chi connectivity index (χ4v) is 1.13. The molecule has 1 rings (SSSR count). The summed E-state index contributed by atoms with van der Waals surface area (Å²) in [6, 6.07) is 9.44. The molecule has 0 aromatic heterocycles. The first kappa shape index (κ1) is 13.9. The second-order valence-electron chi connectivity index (χ2n) is 2.88. The van der Waals surface area contributed by atoms with Gasteiger partial charge in [0, 0.05) is 16.4 Å². The van der Waals surface area contributed by atoms with Crippen molar-refractivity contribution in [1.82, 2.24) is 5.32 Å². The lowest BCUT2D eigenvalue weighted by Crippen LogP contribution is -2.19. The van der Waals surface area contributed by atoms with Crippen molar-refractivity contribution in [2.24, 2.45) is 0 Å². The lowest BCUT2D eigenvalue weighted by molar-refractivity contribution is 0.718. The number of benzene rings is 1. The molecule has 14 heavy (non-hydrogen) atoms. The highest BCUT2D eigenvalue weighted by Crippen LogP contribution is 2.03. The molecule has 0 heterocycles. The predicted molar refractivity (Wildman–Crippen MR) is 68.4 cm³/mol. The molecule has 0 amide bonds. The van der Waals surface area contributed by atoms with Gasteiger partial charge in [0.1, 0.15) is 0 Å². The summed E-state index contributed by atoms with van der Waals surface area (Å²) in [6.45, 7) is 6.37. The molecule has 0 aliphatic carbocycles. The van der Waals surface area contributed by atoms with E-state index < -0.39 is 0 Å². The Morgan fingerprint density at radius 2 is 1.93 bits per heavy atom. The molecule has 1 nitrogen and oxygen atoms in total. The van der Waals surface area contributed by atoms with Gasteiger partial charge < -0.3 is 5.32 Å². The van der Waals surface area contributed by atoms with Crippen LogP contribution in [0.15, 0.2) is 30.3 Å². The van der Waals surface area contributed by atoms with Crippen LogP contribution in [0.5, 0.6) is 0 Å². The second kappa shape index (κ2) is 9.50. The zero-order chi connectivity index (χ0) is 10.8. The molecule has 0 aliphatic rings. The maximum Gasteiger partial charge on any atom is 0.0405 e. The molecule has 0 spiro atoms. The van der Waals surface area contributed by atoms with Crippen LogP contribution in [0.3, 0.4) is 0 Å². The van der Waals surface area contributed by atoms with Gasteiger partial charge >= 0.3 is 0 Å². The number of alkyl halides is 1. The van der Waals surface area contributed by atoms with Crippen LogP contribution in [-0.4, -0.2) is 17.9 Å². The summed E-state index contributed by atoms with van der Waals surface area (Å²) in [4.78, 5) is 0.604. The lowest BCUT2D eigenvalue weighted by atomic mass is 10.4. The number of rotatable bonds is 3. The number of hydrogen-bond donors (Lipinski definition) is 1. The molecular formula is C11H17BrClN. The van der Waals surface area contributed by atoms with E-state index in [-0.39, 0.29) is 0 Å². The molecule has 80 valence electrons. The molecule has 0 fully saturated rings. The third kappa shape index (κ3) is 10.0. The summed E-state index contributed by atoms with van der Waals surface area (Å²) >= 11 is 8.95. The van der Waals surface area contributed by atoms with Gasteiger partial charge in [0.15, 0.2) is 0 Å². The summed E-state index contributed by atoms with van der Waals surface area (Å²) in [6.07, 6.45) is 0. The average molecular weight is 279 g/mol. The molecular weight excluding hydrogens is 261 g/mol. The molecule has 1 aromatic rings. The van der Waals surface area contributed by atoms with Crippen molar-refractivity contribution in [3.05, 3.63) is 35.4 Å². The smallest absolute Gasteiger partial charge is 0.0405 e. The Kier molecular flexibility index (Phi) is 9.47. The third-order valence-electron chi connectivity index (χ3n) is 1.41. The van der Waals surface area contributed by atoms with Crippen molar-refractivity contribution in [1.29, 1.82) is 0 Å². The minimum atomic E-state index is 0.604. The highest BCUT2D eigenvalue weighted by molar-refractivity contribution is 9.09. The maximum atomic E-state index is 5.54. The zero-order valence-electron chi connectivity index (χ0n) is 8.63. The summed E-state index contributed by atoms with van der Waals surface area (Å²) in [5.74, 6) is 0. The van der Waals surface area contributed by atoms with Gasteiger partial charge in [-0.05, 0) is 18.7 Å². The van der Waals surface area contributed by atoms with Crippen LogP contribution in [0.25, 0.3) is 0 Å². The van der Waals surface area contributed by atoms with Crippen LogP contribution in [0.1, 0.15) is 13.8 Å². The highest BCUT2D eigenvalue weighted by atomic mass is 79.9. The van der Waals surface area contributed by atoms with Gasteiger partial charge in [0.05, 0.1) is 0 Å². The Balaban J connectivity index is 0.000000241. The van der Waals surface area contributed by atoms with Gasteiger partial charge in [-0.15, -0.1) is 0 Å². The molecule has 1 N–H and O–H groups in total. The predicted octanol–water partition coefficient (Wildman–Crippen LogP) is 3.72. The highest BCUT2D eigenvalue weighted by Gasteiger charge is 1.89. The van der Waals surface area contributed by atoms with E-state index in [2.05, 4.69) is 35.1 Å².